The van der Waals surface area contributed by atoms with Gasteiger partial charge >= 0.3 is 5.97 Å². The van der Waals surface area contributed by atoms with Gasteiger partial charge in [0, 0.05) is 19.7 Å². The minimum absolute atomic E-state index is 0.127. The SMILES string of the molecule is CCCS(=O)(=O)N(C)Cc1cccc(C=CC(=O)O)c1. The Hall–Kier alpha value is -1.66. The Morgan fingerprint density at radius 3 is 2.70 bits per heavy atom. The highest BCUT2D eigenvalue weighted by Crippen LogP contribution is 2.12. The summed E-state index contributed by atoms with van der Waals surface area (Å²) in [7, 11) is -1.68. The molecule has 20 heavy (non-hydrogen) atoms. The zero-order valence-electron chi connectivity index (χ0n) is 11.6. The summed E-state index contributed by atoms with van der Waals surface area (Å²) in [6.45, 7) is 2.10. The Bertz CT molecular complexity index is 593. The summed E-state index contributed by atoms with van der Waals surface area (Å²) in [5, 5.41) is 8.58. The third-order valence-corrected chi connectivity index (χ3v) is 4.71. The number of rotatable bonds is 7. The molecule has 0 spiro atoms. The van der Waals surface area contributed by atoms with Gasteiger partial charge in [0.25, 0.3) is 0 Å². The molecule has 0 aliphatic heterocycles. The zero-order chi connectivity index (χ0) is 15.2. The molecule has 0 unspecified atom stereocenters. The number of sulfonamides is 1. The van der Waals surface area contributed by atoms with Gasteiger partial charge in [-0.15, -0.1) is 0 Å². The lowest BCUT2D eigenvalue weighted by Crippen LogP contribution is -2.28. The van der Waals surface area contributed by atoms with Gasteiger partial charge < -0.3 is 5.11 Å². The van der Waals surface area contributed by atoms with Gasteiger partial charge in [-0.2, -0.15) is 0 Å². The summed E-state index contributed by atoms with van der Waals surface area (Å²) in [6.07, 6.45) is 3.11. The van der Waals surface area contributed by atoms with Crippen molar-refractivity contribution < 1.29 is 18.3 Å². The molecule has 0 saturated heterocycles. The van der Waals surface area contributed by atoms with Crippen LogP contribution in [0.3, 0.4) is 0 Å². The van der Waals surface area contributed by atoms with Gasteiger partial charge in [-0.3, -0.25) is 0 Å². The Morgan fingerprint density at radius 2 is 2.10 bits per heavy atom. The van der Waals surface area contributed by atoms with E-state index in [4.69, 9.17) is 5.11 Å². The molecule has 0 aliphatic rings. The largest absolute Gasteiger partial charge is 0.478 e. The van der Waals surface area contributed by atoms with Crippen molar-refractivity contribution in [2.45, 2.75) is 19.9 Å². The first-order chi connectivity index (χ1) is 9.35. The van der Waals surface area contributed by atoms with Crippen molar-refractivity contribution >= 4 is 22.1 Å². The van der Waals surface area contributed by atoms with E-state index in [9.17, 15) is 13.2 Å². The molecule has 110 valence electrons. The van der Waals surface area contributed by atoms with E-state index in [1.165, 1.54) is 10.4 Å². The van der Waals surface area contributed by atoms with Crippen molar-refractivity contribution in [3.63, 3.8) is 0 Å². The lowest BCUT2D eigenvalue weighted by molar-refractivity contribution is -0.131. The number of carbonyl (C=O) groups is 1. The van der Waals surface area contributed by atoms with Crippen molar-refractivity contribution in [1.82, 2.24) is 4.31 Å². The van der Waals surface area contributed by atoms with E-state index in [-0.39, 0.29) is 12.3 Å². The van der Waals surface area contributed by atoms with E-state index in [2.05, 4.69) is 0 Å². The molecule has 5 nitrogen and oxygen atoms in total. The van der Waals surface area contributed by atoms with Gasteiger partial charge in [0.15, 0.2) is 0 Å². The second-order valence-corrected chi connectivity index (χ2v) is 6.68. The van der Waals surface area contributed by atoms with Crippen LogP contribution in [0.5, 0.6) is 0 Å². The Labute approximate surface area is 119 Å². The summed E-state index contributed by atoms with van der Waals surface area (Å²) in [5.41, 5.74) is 1.55. The van der Waals surface area contributed by atoms with Crippen LogP contribution in [0.4, 0.5) is 0 Å². The van der Waals surface area contributed by atoms with Crippen molar-refractivity contribution in [2.24, 2.45) is 0 Å². The maximum atomic E-state index is 11.9. The van der Waals surface area contributed by atoms with Crippen LogP contribution in [0.25, 0.3) is 6.08 Å². The number of hydrogen-bond acceptors (Lipinski definition) is 3. The fraction of sp³-hybridized carbons (Fsp3) is 0.357. The van der Waals surface area contributed by atoms with E-state index in [0.29, 0.717) is 6.42 Å². The number of hydrogen-bond donors (Lipinski definition) is 1. The summed E-state index contributed by atoms with van der Waals surface area (Å²) in [5.74, 6) is -0.889. The molecule has 1 rings (SSSR count). The summed E-state index contributed by atoms with van der Waals surface area (Å²) in [4.78, 5) is 10.5. The van der Waals surface area contributed by atoms with Crippen molar-refractivity contribution in [3.05, 3.63) is 41.5 Å². The first kappa shape index (κ1) is 16.4. The lowest BCUT2D eigenvalue weighted by Gasteiger charge is -2.16. The second kappa shape index (κ2) is 7.21. The minimum atomic E-state index is -3.23. The predicted molar refractivity (Wildman–Crippen MR) is 78.7 cm³/mol. The summed E-state index contributed by atoms with van der Waals surface area (Å²) < 4.78 is 25.1. The quantitative estimate of drug-likeness (QED) is 0.781. The van der Waals surface area contributed by atoms with E-state index in [1.807, 2.05) is 13.0 Å². The van der Waals surface area contributed by atoms with E-state index >= 15 is 0 Å². The van der Waals surface area contributed by atoms with Crippen LogP contribution in [-0.4, -0.2) is 36.6 Å². The average Bonchev–Trinajstić information content (AvgIpc) is 2.36. The number of benzene rings is 1. The molecule has 0 aliphatic carbocycles. The summed E-state index contributed by atoms with van der Waals surface area (Å²) >= 11 is 0. The van der Waals surface area contributed by atoms with Crippen LogP contribution in [-0.2, 0) is 21.4 Å². The standard InChI is InChI=1S/C14H19NO4S/c1-3-9-20(18,19)15(2)11-13-6-4-5-12(10-13)7-8-14(16)17/h4-8,10H,3,9,11H2,1-2H3,(H,16,17). The molecule has 0 atom stereocenters. The van der Waals surface area contributed by atoms with E-state index in [1.54, 1.807) is 25.2 Å². The third kappa shape index (κ3) is 5.14. The Balaban J connectivity index is 2.83. The molecule has 0 bridgehead atoms. The van der Waals surface area contributed by atoms with Gasteiger partial charge in [-0.05, 0) is 23.6 Å². The number of carboxylic acid groups (broad SMARTS) is 1. The van der Waals surface area contributed by atoms with Crippen molar-refractivity contribution in [2.75, 3.05) is 12.8 Å². The monoisotopic (exact) mass is 297 g/mol. The predicted octanol–water partition coefficient (Wildman–Crippen LogP) is 1.96. The molecular formula is C14H19NO4S. The molecule has 6 heteroatoms. The number of carboxylic acids is 1. The molecule has 0 radical (unpaired) electrons. The highest BCUT2D eigenvalue weighted by molar-refractivity contribution is 7.89. The molecule has 1 N–H and O–H groups in total. The first-order valence-corrected chi connectivity index (χ1v) is 7.90. The fourth-order valence-electron chi connectivity index (χ4n) is 1.73. The average molecular weight is 297 g/mol. The molecule has 0 heterocycles. The third-order valence-electron chi connectivity index (χ3n) is 2.71. The second-order valence-electron chi connectivity index (χ2n) is 4.49. The smallest absolute Gasteiger partial charge is 0.328 e. The van der Waals surface area contributed by atoms with Crippen LogP contribution in [0, 0.1) is 0 Å². The maximum Gasteiger partial charge on any atom is 0.328 e. The normalized spacial score (nSPS) is 12.2. The Kier molecular flexibility index (Phi) is 5.91. The van der Waals surface area contributed by atoms with Gasteiger partial charge in [0.1, 0.15) is 0 Å². The first-order valence-electron chi connectivity index (χ1n) is 6.29. The van der Waals surface area contributed by atoms with Crippen LogP contribution in [0.1, 0.15) is 24.5 Å². The van der Waals surface area contributed by atoms with Crippen molar-refractivity contribution in [3.8, 4) is 0 Å². The van der Waals surface area contributed by atoms with Crippen LogP contribution in [0.2, 0.25) is 0 Å². The van der Waals surface area contributed by atoms with E-state index < -0.39 is 16.0 Å². The highest BCUT2D eigenvalue weighted by atomic mass is 32.2. The molecule has 1 aromatic carbocycles. The molecule has 0 fully saturated rings. The van der Waals surface area contributed by atoms with Crippen molar-refractivity contribution in [1.29, 1.82) is 0 Å². The summed E-state index contributed by atoms with van der Waals surface area (Å²) in [6, 6.07) is 7.13. The van der Waals surface area contributed by atoms with Gasteiger partial charge in [-0.1, -0.05) is 31.2 Å². The molecule has 0 aromatic heterocycles. The van der Waals surface area contributed by atoms with Crippen LogP contribution in [0.15, 0.2) is 30.3 Å². The topological polar surface area (TPSA) is 74.7 Å². The maximum absolute atomic E-state index is 11.9. The molecule has 0 amide bonds. The van der Waals surface area contributed by atoms with E-state index in [0.717, 1.165) is 17.2 Å². The van der Waals surface area contributed by atoms with Gasteiger partial charge in [0.05, 0.1) is 5.75 Å². The van der Waals surface area contributed by atoms with Gasteiger partial charge in [0.2, 0.25) is 10.0 Å². The van der Waals surface area contributed by atoms with Crippen LogP contribution < -0.4 is 0 Å². The molecular weight excluding hydrogens is 278 g/mol. The molecule has 1 aromatic rings. The zero-order valence-corrected chi connectivity index (χ0v) is 12.4. The number of nitrogens with zero attached hydrogens (tertiary/aromatic N) is 1. The van der Waals surface area contributed by atoms with Gasteiger partial charge in [-0.25, -0.2) is 17.5 Å². The van der Waals surface area contributed by atoms with Crippen LogP contribution >= 0.6 is 0 Å². The lowest BCUT2D eigenvalue weighted by atomic mass is 10.1. The fourth-order valence-corrected chi connectivity index (χ4v) is 2.91. The Morgan fingerprint density at radius 1 is 1.40 bits per heavy atom. The molecule has 0 saturated carbocycles. The highest BCUT2D eigenvalue weighted by Gasteiger charge is 2.16. The number of aliphatic carboxylic acids is 1. The minimum Gasteiger partial charge on any atom is -0.478 e.